The van der Waals surface area contributed by atoms with Crippen molar-refractivity contribution in [2.45, 2.75) is 57.8 Å². The smallest absolute Gasteiger partial charge is 0.132 e. The lowest BCUT2D eigenvalue weighted by molar-refractivity contribution is 0.200. The highest BCUT2D eigenvalue weighted by molar-refractivity contribution is 6.14. The molecule has 0 bridgehead atoms. The number of nitrogens with zero attached hydrogens (tertiary/aromatic N) is 4. The lowest BCUT2D eigenvalue weighted by atomic mass is 10.0. The molecule has 146 valence electrons. The molecule has 2 aromatic rings. The van der Waals surface area contributed by atoms with Crippen LogP contribution in [0.2, 0.25) is 0 Å². The number of benzene rings is 1. The van der Waals surface area contributed by atoms with E-state index in [4.69, 9.17) is 9.73 Å². The molecule has 6 nitrogen and oxygen atoms in total. The van der Waals surface area contributed by atoms with Crippen LogP contribution in [0.1, 0.15) is 50.4 Å². The fourth-order valence-corrected chi connectivity index (χ4v) is 4.17. The van der Waals surface area contributed by atoms with E-state index in [-0.39, 0.29) is 5.60 Å². The molecule has 3 heterocycles. The molecular formula is C22H27N5O. The van der Waals surface area contributed by atoms with Gasteiger partial charge in [-0.15, -0.1) is 0 Å². The zero-order valence-electron chi connectivity index (χ0n) is 16.8. The SMILES string of the molecule is C[C@@H]1CN(c2cc(C3=NCc4ccc(OC5(C)CC5)cc43)ncn2)C[C@H](C)N1. The largest absolute Gasteiger partial charge is 0.488 e. The third-order valence-corrected chi connectivity index (χ3v) is 5.84. The highest BCUT2D eigenvalue weighted by atomic mass is 16.5. The van der Waals surface area contributed by atoms with Gasteiger partial charge in [-0.3, -0.25) is 4.99 Å². The van der Waals surface area contributed by atoms with E-state index in [2.05, 4.69) is 65.2 Å². The van der Waals surface area contributed by atoms with Crippen LogP contribution < -0.4 is 15.0 Å². The second-order valence-electron chi connectivity index (χ2n) is 8.67. The maximum Gasteiger partial charge on any atom is 0.132 e. The first-order chi connectivity index (χ1) is 13.5. The van der Waals surface area contributed by atoms with Gasteiger partial charge in [-0.2, -0.15) is 0 Å². The zero-order chi connectivity index (χ0) is 19.3. The van der Waals surface area contributed by atoms with Gasteiger partial charge in [0.1, 0.15) is 23.5 Å². The lowest BCUT2D eigenvalue weighted by Gasteiger charge is -2.36. The van der Waals surface area contributed by atoms with Gasteiger partial charge in [0, 0.05) is 36.8 Å². The van der Waals surface area contributed by atoms with E-state index < -0.39 is 0 Å². The molecule has 1 aliphatic carbocycles. The Morgan fingerprint density at radius 2 is 1.89 bits per heavy atom. The van der Waals surface area contributed by atoms with Gasteiger partial charge in [0.25, 0.3) is 0 Å². The predicted octanol–water partition coefficient (Wildman–Crippen LogP) is 2.95. The molecule has 2 atom stereocenters. The molecule has 3 aliphatic rings. The Morgan fingerprint density at radius 1 is 1.11 bits per heavy atom. The van der Waals surface area contributed by atoms with Crippen molar-refractivity contribution in [3.8, 4) is 5.75 Å². The molecule has 5 rings (SSSR count). The van der Waals surface area contributed by atoms with Crippen molar-refractivity contribution in [3.05, 3.63) is 47.4 Å². The van der Waals surface area contributed by atoms with E-state index in [1.165, 1.54) is 5.56 Å². The van der Waals surface area contributed by atoms with Crippen LogP contribution in [-0.4, -0.2) is 46.5 Å². The van der Waals surface area contributed by atoms with Crippen LogP contribution >= 0.6 is 0 Å². The van der Waals surface area contributed by atoms with E-state index in [0.717, 1.165) is 54.5 Å². The molecule has 1 saturated carbocycles. The van der Waals surface area contributed by atoms with E-state index in [0.29, 0.717) is 18.6 Å². The first kappa shape index (κ1) is 17.6. The summed E-state index contributed by atoms with van der Waals surface area (Å²) >= 11 is 0. The molecule has 1 aromatic carbocycles. The normalized spacial score (nSPS) is 25.2. The summed E-state index contributed by atoms with van der Waals surface area (Å²) in [6.45, 7) is 9.18. The molecule has 2 aliphatic heterocycles. The molecule has 1 N–H and O–H groups in total. The number of piperazine rings is 1. The number of fused-ring (bicyclic) bond motifs is 1. The Labute approximate surface area is 166 Å². The minimum atomic E-state index is 0.0158. The van der Waals surface area contributed by atoms with Gasteiger partial charge in [-0.25, -0.2) is 9.97 Å². The third-order valence-electron chi connectivity index (χ3n) is 5.84. The summed E-state index contributed by atoms with van der Waals surface area (Å²) < 4.78 is 6.16. The highest BCUT2D eigenvalue weighted by Crippen LogP contribution is 2.40. The van der Waals surface area contributed by atoms with E-state index in [9.17, 15) is 0 Å². The summed E-state index contributed by atoms with van der Waals surface area (Å²) in [6.07, 6.45) is 3.91. The quantitative estimate of drug-likeness (QED) is 0.888. The Bertz CT molecular complexity index is 926. The van der Waals surface area contributed by atoms with Crippen molar-refractivity contribution >= 4 is 11.5 Å². The first-order valence-corrected chi connectivity index (χ1v) is 10.2. The van der Waals surface area contributed by atoms with Crippen LogP contribution in [0, 0.1) is 0 Å². The topological polar surface area (TPSA) is 62.6 Å². The van der Waals surface area contributed by atoms with Crippen LogP contribution in [0.5, 0.6) is 5.75 Å². The molecular weight excluding hydrogens is 350 g/mol. The summed E-state index contributed by atoms with van der Waals surface area (Å²) in [6, 6.07) is 9.28. The van der Waals surface area contributed by atoms with Crippen LogP contribution in [-0.2, 0) is 6.54 Å². The molecule has 0 amide bonds. The summed E-state index contributed by atoms with van der Waals surface area (Å²) in [5, 5.41) is 3.57. The van der Waals surface area contributed by atoms with Gasteiger partial charge in [0.15, 0.2) is 0 Å². The second kappa shape index (κ2) is 6.55. The molecule has 6 heteroatoms. The van der Waals surface area contributed by atoms with Gasteiger partial charge < -0.3 is 15.0 Å². The summed E-state index contributed by atoms with van der Waals surface area (Å²) in [5.41, 5.74) is 4.21. The summed E-state index contributed by atoms with van der Waals surface area (Å²) in [4.78, 5) is 16.2. The lowest BCUT2D eigenvalue weighted by Crippen LogP contribution is -2.54. The van der Waals surface area contributed by atoms with E-state index >= 15 is 0 Å². The molecule has 1 aromatic heterocycles. The predicted molar refractivity (Wildman–Crippen MR) is 110 cm³/mol. The van der Waals surface area contributed by atoms with Crippen molar-refractivity contribution in [1.82, 2.24) is 15.3 Å². The van der Waals surface area contributed by atoms with Crippen LogP contribution in [0.3, 0.4) is 0 Å². The number of hydrogen-bond donors (Lipinski definition) is 1. The average molecular weight is 377 g/mol. The first-order valence-electron chi connectivity index (χ1n) is 10.2. The Hall–Kier alpha value is -2.47. The second-order valence-corrected chi connectivity index (χ2v) is 8.67. The minimum absolute atomic E-state index is 0.0158. The number of nitrogens with one attached hydrogen (secondary N) is 1. The molecule has 1 saturated heterocycles. The number of rotatable bonds is 4. The fraction of sp³-hybridized carbons (Fsp3) is 0.500. The Morgan fingerprint density at radius 3 is 2.64 bits per heavy atom. The van der Waals surface area contributed by atoms with Crippen molar-refractivity contribution in [1.29, 1.82) is 0 Å². The number of hydrogen-bond acceptors (Lipinski definition) is 6. The number of ether oxygens (including phenoxy) is 1. The average Bonchev–Trinajstić information content (AvgIpc) is 3.24. The standard InChI is InChI=1S/C22H27N5O/c1-14-11-27(12-15(2)26-14)20-9-19(24-13-25-20)21-18-8-17(28-22(3)6-7-22)5-4-16(18)10-23-21/h4-5,8-9,13-15,26H,6-7,10-12H2,1-3H3/t14-,15+. The highest BCUT2D eigenvalue weighted by Gasteiger charge is 2.40. The molecule has 0 spiro atoms. The van der Waals surface area contributed by atoms with Gasteiger partial charge in [-0.1, -0.05) is 6.07 Å². The van der Waals surface area contributed by atoms with Gasteiger partial charge in [0.05, 0.1) is 18.0 Å². The van der Waals surface area contributed by atoms with Crippen molar-refractivity contribution in [3.63, 3.8) is 0 Å². The molecule has 0 unspecified atom stereocenters. The fourth-order valence-electron chi connectivity index (χ4n) is 4.17. The van der Waals surface area contributed by atoms with Crippen LogP contribution in [0.4, 0.5) is 5.82 Å². The van der Waals surface area contributed by atoms with E-state index in [1.54, 1.807) is 6.33 Å². The van der Waals surface area contributed by atoms with Gasteiger partial charge >= 0.3 is 0 Å². The Kier molecular flexibility index (Phi) is 4.12. The number of anilines is 1. The number of aromatic nitrogens is 2. The van der Waals surface area contributed by atoms with Crippen molar-refractivity contribution in [2.24, 2.45) is 4.99 Å². The monoisotopic (exact) mass is 377 g/mol. The third kappa shape index (κ3) is 3.37. The summed E-state index contributed by atoms with van der Waals surface area (Å²) in [7, 11) is 0. The van der Waals surface area contributed by atoms with Crippen molar-refractivity contribution < 1.29 is 4.74 Å². The van der Waals surface area contributed by atoms with Gasteiger partial charge in [-0.05, 0) is 51.3 Å². The summed E-state index contributed by atoms with van der Waals surface area (Å²) in [5.74, 6) is 1.90. The van der Waals surface area contributed by atoms with Crippen LogP contribution in [0.25, 0.3) is 0 Å². The molecule has 28 heavy (non-hydrogen) atoms. The van der Waals surface area contributed by atoms with Crippen LogP contribution in [0.15, 0.2) is 35.6 Å². The van der Waals surface area contributed by atoms with E-state index in [1.807, 2.05) is 0 Å². The maximum atomic E-state index is 6.16. The molecule has 2 fully saturated rings. The maximum absolute atomic E-state index is 6.16. The van der Waals surface area contributed by atoms with Crippen molar-refractivity contribution in [2.75, 3.05) is 18.0 Å². The zero-order valence-corrected chi connectivity index (χ0v) is 16.8. The molecule has 0 radical (unpaired) electrons. The minimum Gasteiger partial charge on any atom is -0.488 e. The Balaban J connectivity index is 1.43. The van der Waals surface area contributed by atoms with Gasteiger partial charge in [0.2, 0.25) is 0 Å². The number of aliphatic imine (C=N–C) groups is 1.